The number of nitrogens with two attached hydrogens (primary N) is 1. The molecule has 4 nitrogen and oxygen atoms in total. The van der Waals surface area contributed by atoms with E-state index in [9.17, 15) is 4.79 Å². The van der Waals surface area contributed by atoms with Crippen LogP contribution in [0.3, 0.4) is 0 Å². The van der Waals surface area contributed by atoms with Crippen molar-refractivity contribution in [3.8, 4) is 0 Å². The van der Waals surface area contributed by atoms with E-state index in [4.69, 9.17) is 5.73 Å². The molecule has 0 saturated heterocycles. The molecule has 0 radical (unpaired) electrons. The first-order valence-corrected chi connectivity index (χ1v) is 5.94. The van der Waals surface area contributed by atoms with Gasteiger partial charge in [0.2, 0.25) is 5.91 Å². The standard InChI is InChI=1S/C11H14BrN3O/c1-14-7-11(16)15(5-4-13)10-6-8(12)2-3-9(10)14/h2-3,6H,4-5,7,13H2,1H3. The maximum Gasteiger partial charge on any atom is 0.246 e. The highest BCUT2D eigenvalue weighted by Crippen LogP contribution is 2.34. The van der Waals surface area contributed by atoms with Gasteiger partial charge >= 0.3 is 0 Å². The summed E-state index contributed by atoms with van der Waals surface area (Å²) in [5.74, 6) is 0.0959. The second kappa shape index (κ2) is 4.43. The number of hydrogen-bond acceptors (Lipinski definition) is 3. The van der Waals surface area contributed by atoms with E-state index < -0.39 is 0 Å². The van der Waals surface area contributed by atoms with Gasteiger partial charge in [-0.2, -0.15) is 0 Å². The third-order valence-electron chi connectivity index (χ3n) is 2.67. The third-order valence-corrected chi connectivity index (χ3v) is 3.16. The van der Waals surface area contributed by atoms with Crippen LogP contribution in [0.25, 0.3) is 0 Å². The third kappa shape index (κ3) is 1.92. The molecule has 2 N–H and O–H groups in total. The van der Waals surface area contributed by atoms with E-state index in [1.807, 2.05) is 30.1 Å². The van der Waals surface area contributed by atoms with Gasteiger partial charge in [-0.25, -0.2) is 0 Å². The van der Waals surface area contributed by atoms with Crippen molar-refractivity contribution in [3.63, 3.8) is 0 Å². The molecule has 1 heterocycles. The average Bonchev–Trinajstić information content (AvgIpc) is 2.23. The molecule has 0 spiro atoms. The summed E-state index contributed by atoms with van der Waals surface area (Å²) in [4.78, 5) is 15.6. The summed E-state index contributed by atoms with van der Waals surface area (Å²) in [6.45, 7) is 1.45. The molecular weight excluding hydrogens is 270 g/mol. The van der Waals surface area contributed by atoms with E-state index in [1.54, 1.807) is 4.90 Å². The lowest BCUT2D eigenvalue weighted by molar-refractivity contribution is -0.117. The number of likely N-dealkylation sites (N-methyl/N-ethyl adjacent to an activating group) is 1. The molecular formula is C11H14BrN3O. The number of rotatable bonds is 2. The Morgan fingerprint density at radius 3 is 2.88 bits per heavy atom. The molecule has 86 valence electrons. The van der Waals surface area contributed by atoms with Crippen LogP contribution in [0.4, 0.5) is 11.4 Å². The summed E-state index contributed by atoms with van der Waals surface area (Å²) < 4.78 is 0.969. The second-order valence-corrected chi connectivity index (χ2v) is 4.74. The van der Waals surface area contributed by atoms with Crippen LogP contribution in [-0.2, 0) is 4.79 Å². The highest BCUT2D eigenvalue weighted by molar-refractivity contribution is 9.10. The second-order valence-electron chi connectivity index (χ2n) is 3.82. The van der Waals surface area contributed by atoms with Crippen molar-refractivity contribution in [2.24, 2.45) is 5.73 Å². The van der Waals surface area contributed by atoms with Crippen molar-refractivity contribution in [3.05, 3.63) is 22.7 Å². The van der Waals surface area contributed by atoms with Gasteiger partial charge in [-0.3, -0.25) is 4.79 Å². The fraction of sp³-hybridized carbons (Fsp3) is 0.364. The Morgan fingerprint density at radius 2 is 2.19 bits per heavy atom. The molecule has 0 aromatic heterocycles. The predicted octanol–water partition coefficient (Wildman–Crippen LogP) is 1.19. The average molecular weight is 284 g/mol. The smallest absolute Gasteiger partial charge is 0.246 e. The number of anilines is 2. The van der Waals surface area contributed by atoms with Crippen molar-refractivity contribution >= 4 is 33.2 Å². The normalized spacial score (nSPS) is 15.3. The Bertz CT molecular complexity index is 422. The Labute approximate surface area is 103 Å². The molecule has 0 atom stereocenters. The quantitative estimate of drug-likeness (QED) is 0.887. The molecule has 0 unspecified atom stereocenters. The van der Waals surface area contributed by atoms with Gasteiger partial charge in [0, 0.05) is 24.6 Å². The lowest BCUT2D eigenvalue weighted by Crippen LogP contribution is -2.46. The zero-order chi connectivity index (χ0) is 11.7. The summed E-state index contributed by atoms with van der Waals surface area (Å²) in [5.41, 5.74) is 7.53. The van der Waals surface area contributed by atoms with Crippen LogP contribution in [-0.4, -0.2) is 32.6 Å². The molecule has 0 saturated carbocycles. The van der Waals surface area contributed by atoms with Gasteiger partial charge in [-0.05, 0) is 18.2 Å². The van der Waals surface area contributed by atoms with E-state index in [1.165, 1.54) is 0 Å². The Hall–Kier alpha value is -1.07. The van der Waals surface area contributed by atoms with Crippen LogP contribution in [0, 0.1) is 0 Å². The zero-order valence-electron chi connectivity index (χ0n) is 9.11. The number of hydrogen-bond donors (Lipinski definition) is 1. The molecule has 0 aliphatic carbocycles. The molecule has 5 heteroatoms. The minimum absolute atomic E-state index is 0.0959. The summed E-state index contributed by atoms with van der Waals surface area (Å²) in [5, 5.41) is 0. The number of amides is 1. The van der Waals surface area contributed by atoms with E-state index in [-0.39, 0.29) is 5.91 Å². The van der Waals surface area contributed by atoms with Gasteiger partial charge in [-0.15, -0.1) is 0 Å². The fourth-order valence-electron chi connectivity index (χ4n) is 1.92. The van der Waals surface area contributed by atoms with Gasteiger partial charge in [0.1, 0.15) is 0 Å². The number of nitrogens with zero attached hydrogens (tertiary/aromatic N) is 2. The molecule has 16 heavy (non-hydrogen) atoms. The first kappa shape index (κ1) is 11.4. The van der Waals surface area contributed by atoms with Crippen LogP contribution >= 0.6 is 15.9 Å². The topological polar surface area (TPSA) is 49.6 Å². The Balaban J connectivity index is 2.47. The highest BCUT2D eigenvalue weighted by Gasteiger charge is 2.26. The Morgan fingerprint density at radius 1 is 1.44 bits per heavy atom. The lowest BCUT2D eigenvalue weighted by Gasteiger charge is -2.35. The molecule has 0 bridgehead atoms. The van der Waals surface area contributed by atoms with Gasteiger partial charge < -0.3 is 15.5 Å². The maximum atomic E-state index is 11.9. The van der Waals surface area contributed by atoms with E-state index in [0.29, 0.717) is 19.6 Å². The van der Waals surface area contributed by atoms with Gasteiger partial charge in [0.25, 0.3) is 0 Å². The van der Waals surface area contributed by atoms with Crippen molar-refractivity contribution in [1.82, 2.24) is 0 Å². The van der Waals surface area contributed by atoms with Crippen molar-refractivity contribution in [2.45, 2.75) is 0 Å². The number of carbonyl (C=O) groups excluding carboxylic acids is 1. The van der Waals surface area contributed by atoms with Gasteiger partial charge in [0.15, 0.2) is 0 Å². The summed E-state index contributed by atoms with van der Waals surface area (Å²) in [6.07, 6.45) is 0. The number of halogens is 1. The van der Waals surface area contributed by atoms with Crippen molar-refractivity contribution < 1.29 is 4.79 Å². The monoisotopic (exact) mass is 283 g/mol. The van der Waals surface area contributed by atoms with Gasteiger partial charge in [0.05, 0.1) is 17.9 Å². The number of benzene rings is 1. The lowest BCUT2D eigenvalue weighted by atomic mass is 10.1. The van der Waals surface area contributed by atoms with Crippen molar-refractivity contribution in [2.75, 3.05) is 36.5 Å². The van der Waals surface area contributed by atoms with Crippen LogP contribution < -0.4 is 15.5 Å². The summed E-state index contributed by atoms with van der Waals surface area (Å²) in [6, 6.07) is 5.94. The van der Waals surface area contributed by atoms with Crippen LogP contribution in [0.5, 0.6) is 0 Å². The predicted molar refractivity (Wildman–Crippen MR) is 68.8 cm³/mol. The molecule has 0 fully saturated rings. The first-order valence-electron chi connectivity index (χ1n) is 5.14. The summed E-state index contributed by atoms with van der Waals surface area (Å²) in [7, 11) is 1.92. The highest BCUT2D eigenvalue weighted by atomic mass is 79.9. The van der Waals surface area contributed by atoms with E-state index in [2.05, 4.69) is 15.9 Å². The number of carbonyl (C=O) groups is 1. The molecule has 1 aromatic rings. The molecule has 1 aromatic carbocycles. The first-order chi connectivity index (χ1) is 7.63. The van der Waals surface area contributed by atoms with Crippen LogP contribution in [0.15, 0.2) is 22.7 Å². The van der Waals surface area contributed by atoms with E-state index >= 15 is 0 Å². The largest absolute Gasteiger partial charge is 0.364 e. The summed E-state index contributed by atoms with van der Waals surface area (Å²) >= 11 is 3.42. The van der Waals surface area contributed by atoms with Crippen molar-refractivity contribution in [1.29, 1.82) is 0 Å². The molecule has 1 aliphatic heterocycles. The fourth-order valence-corrected chi connectivity index (χ4v) is 2.27. The molecule has 1 amide bonds. The minimum Gasteiger partial charge on any atom is -0.364 e. The van der Waals surface area contributed by atoms with Crippen LogP contribution in [0.2, 0.25) is 0 Å². The van der Waals surface area contributed by atoms with E-state index in [0.717, 1.165) is 15.8 Å². The number of fused-ring (bicyclic) bond motifs is 1. The minimum atomic E-state index is 0.0959. The molecule has 1 aliphatic rings. The zero-order valence-corrected chi connectivity index (χ0v) is 10.7. The van der Waals surface area contributed by atoms with Crippen LogP contribution in [0.1, 0.15) is 0 Å². The molecule has 2 rings (SSSR count). The Kier molecular flexibility index (Phi) is 3.16. The SMILES string of the molecule is CN1CC(=O)N(CCN)c2cc(Br)ccc21. The van der Waals surface area contributed by atoms with Gasteiger partial charge in [-0.1, -0.05) is 15.9 Å². The maximum absolute atomic E-state index is 11.9.